The molecule has 3 nitrogen and oxygen atoms in total. The molecule has 0 fully saturated rings. The second kappa shape index (κ2) is 3.64. The summed E-state index contributed by atoms with van der Waals surface area (Å²) >= 11 is 1.64. The lowest BCUT2D eigenvalue weighted by atomic mass is 9.98. The van der Waals surface area contributed by atoms with Crippen molar-refractivity contribution in [1.29, 1.82) is 0 Å². The number of rotatable bonds is 2. The molecule has 1 atom stereocenters. The van der Waals surface area contributed by atoms with Crippen LogP contribution in [0.4, 0.5) is 5.13 Å². The third-order valence-electron chi connectivity index (χ3n) is 2.42. The Balaban J connectivity index is 2.25. The van der Waals surface area contributed by atoms with Gasteiger partial charge in [-0.1, -0.05) is 6.92 Å². The summed E-state index contributed by atoms with van der Waals surface area (Å²) in [6, 6.07) is 0.503. The average Bonchev–Trinajstić information content (AvgIpc) is 2.47. The van der Waals surface area contributed by atoms with Crippen LogP contribution in [0, 0.1) is 0 Å². The molecule has 4 heteroatoms. The number of anilines is 1. The van der Waals surface area contributed by atoms with Crippen LogP contribution >= 0.6 is 11.3 Å². The van der Waals surface area contributed by atoms with Gasteiger partial charge in [-0.15, -0.1) is 11.3 Å². The SMILES string of the molecule is CCNC1CCCc2nc(N)sc21. The highest BCUT2D eigenvalue weighted by atomic mass is 32.1. The van der Waals surface area contributed by atoms with Crippen LogP contribution in [0.15, 0.2) is 0 Å². The summed E-state index contributed by atoms with van der Waals surface area (Å²) in [6.45, 7) is 3.15. The Morgan fingerprint density at radius 3 is 3.31 bits per heavy atom. The van der Waals surface area contributed by atoms with Gasteiger partial charge in [-0.3, -0.25) is 0 Å². The van der Waals surface area contributed by atoms with Crippen molar-refractivity contribution in [2.45, 2.75) is 32.2 Å². The summed E-state index contributed by atoms with van der Waals surface area (Å²) in [5.74, 6) is 0. The zero-order valence-corrected chi connectivity index (χ0v) is 8.66. The summed E-state index contributed by atoms with van der Waals surface area (Å²) in [4.78, 5) is 5.71. The second-order valence-corrected chi connectivity index (χ2v) is 4.43. The first-order valence-electron chi connectivity index (χ1n) is 4.79. The smallest absolute Gasteiger partial charge is 0.180 e. The van der Waals surface area contributed by atoms with E-state index in [4.69, 9.17) is 5.73 Å². The lowest BCUT2D eigenvalue weighted by Crippen LogP contribution is -2.23. The van der Waals surface area contributed by atoms with Gasteiger partial charge in [0, 0.05) is 10.9 Å². The number of hydrogen-bond acceptors (Lipinski definition) is 4. The Labute approximate surface area is 82.4 Å². The fourth-order valence-corrected chi connectivity index (χ4v) is 2.87. The molecule has 0 aromatic carbocycles. The summed E-state index contributed by atoms with van der Waals surface area (Å²) in [6.07, 6.45) is 3.56. The molecule has 72 valence electrons. The van der Waals surface area contributed by atoms with Crippen LogP contribution in [0.1, 0.15) is 36.4 Å². The van der Waals surface area contributed by atoms with Crippen molar-refractivity contribution in [3.63, 3.8) is 0 Å². The molecule has 0 amide bonds. The van der Waals surface area contributed by atoms with Crippen LogP contribution < -0.4 is 11.1 Å². The molecular formula is C9H15N3S. The molecule has 1 aliphatic carbocycles. The summed E-state index contributed by atoms with van der Waals surface area (Å²) in [5.41, 5.74) is 6.92. The molecule has 13 heavy (non-hydrogen) atoms. The Hall–Kier alpha value is -0.610. The maximum absolute atomic E-state index is 5.70. The minimum absolute atomic E-state index is 0.503. The lowest BCUT2D eigenvalue weighted by Gasteiger charge is -2.21. The molecule has 0 radical (unpaired) electrons. The van der Waals surface area contributed by atoms with Crippen molar-refractivity contribution in [3.8, 4) is 0 Å². The molecule has 0 bridgehead atoms. The standard InChI is InChI=1S/C9H15N3S/c1-2-11-6-4-3-5-7-8(6)13-9(10)12-7/h6,11H,2-5H2,1H3,(H2,10,12). The molecule has 0 saturated carbocycles. The molecule has 1 aliphatic rings. The van der Waals surface area contributed by atoms with Gasteiger partial charge in [0.25, 0.3) is 0 Å². The molecule has 1 aromatic heterocycles. The van der Waals surface area contributed by atoms with E-state index in [-0.39, 0.29) is 0 Å². The largest absolute Gasteiger partial charge is 0.375 e. The molecule has 0 saturated heterocycles. The van der Waals surface area contributed by atoms with E-state index >= 15 is 0 Å². The van der Waals surface area contributed by atoms with Gasteiger partial charge in [0.05, 0.1) is 5.69 Å². The molecule has 0 aliphatic heterocycles. The first kappa shape index (κ1) is 8.97. The minimum atomic E-state index is 0.503. The Morgan fingerprint density at radius 1 is 1.69 bits per heavy atom. The van der Waals surface area contributed by atoms with Crippen LogP contribution in [0.3, 0.4) is 0 Å². The number of thiazole rings is 1. The van der Waals surface area contributed by atoms with Crippen molar-refractivity contribution < 1.29 is 0 Å². The third kappa shape index (κ3) is 1.69. The minimum Gasteiger partial charge on any atom is -0.375 e. The molecule has 1 heterocycles. The molecule has 3 N–H and O–H groups in total. The van der Waals surface area contributed by atoms with Crippen LogP contribution in [-0.4, -0.2) is 11.5 Å². The number of aromatic nitrogens is 1. The van der Waals surface area contributed by atoms with Gasteiger partial charge in [0.1, 0.15) is 0 Å². The van der Waals surface area contributed by atoms with Crippen molar-refractivity contribution in [3.05, 3.63) is 10.6 Å². The first-order chi connectivity index (χ1) is 6.31. The highest BCUT2D eigenvalue weighted by Gasteiger charge is 2.22. The summed E-state index contributed by atoms with van der Waals surface area (Å²) in [7, 11) is 0. The number of nitrogen functional groups attached to an aromatic ring is 1. The zero-order valence-electron chi connectivity index (χ0n) is 7.84. The Bertz CT molecular complexity index is 295. The van der Waals surface area contributed by atoms with Gasteiger partial charge in [-0.25, -0.2) is 4.98 Å². The van der Waals surface area contributed by atoms with Gasteiger partial charge >= 0.3 is 0 Å². The molecular weight excluding hydrogens is 182 g/mol. The van der Waals surface area contributed by atoms with Crippen molar-refractivity contribution in [2.75, 3.05) is 12.3 Å². The topological polar surface area (TPSA) is 50.9 Å². The number of nitrogens with zero attached hydrogens (tertiary/aromatic N) is 1. The van der Waals surface area contributed by atoms with E-state index in [9.17, 15) is 0 Å². The molecule has 1 unspecified atom stereocenters. The number of nitrogens with one attached hydrogen (secondary N) is 1. The van der Waals surface area contributed by atoms with Gasteiger partial charge in [0.15, 0.2) is 5.13 Å². The normalized spacial score (nSPS) is 21.5. The Kier molecular flexibility index (Phi) is 2.51. The zero-order chi connectivity index (χ0) is 9.26. The van der Waals surface area contributed by atoms with E-state index in [1.807, 2.05) is 0 Å². The molecule has 1 aromatic rings. The quantitative estimate of drug-likeness (QED) is 0.759. The fourth-order valence-electron chi connectivity index (χ4n) is 1.88. The van der Waals surface area contributed by atoms with E-state index in [1.54, 1.807) is 11.3 Å². The van der Waals surface area contributed by atoms with Gasteiger partial charge in [-0.2, -0.15) is 0 Å². The second-order valence-electron chi connectivity index (χ2n) is 3.37. The Morgan fingerprint density at radius 2 is 2.54 bits per heavy atom. The predicted octanol–water partition coefficient (Wildman–Crippen LogP) is 1.71. The maximum Gasteiger partial charge on any atom is 0.180 e. The number of hydrogen-bond donors (Lipinski definition) is 2. The number of fused-ring (bicyclic) bond motifs is 1. The van der Waals surface area contributed by atoms with Gasteiger partial charge in [0.2, 0.25) is 0 Å². The van der Waals surface area contributed by atoms with E-state index in [2.05, 4.69) is 17.2 Å². The number of aryl methyl sites for hydroxylation is 1. The fraction of sp³-hybridized carbons (Fsp3) is 0.667. The highest BCUT2D eigenvalue weighted by Crippen LogP contribution is 2.34. The van der Waals surface area contributed by atoms with Crippen LogP contribution in [0.2, 0.25) is 0 Å². The van der Waals surface area contributed by atoms with Crippen molar-refractivity contribution in [2.24, 2.45) is 0 Å². The highest BCUT2D eigenvalue weighted by molar-refractivity contribution is 7.15. The molecule has 0 spiro atoms. The van der Waals surface area contributed by atoms with Gasteiger partial charge < -0.3 is 11.1 Å². The van der Waals surface area contributed by atoms with Gasteiger partial charge in [-0.05, 0) is 25.8 Å². The van der Waals surface area contributed by atoms with Crippen LogP contribution in [0.25, 0.3) is 0 Å². The monoisotopic (exact) mass is 197 g/mol. The summed E-state index contributed by atoms with van der Waals surface area (Å²) < 4.78 is 0. The average molecular weight is 197 g/mol. The van der Waals surface area contributed by atoms with Crippen molar-refractivity contribution >= 4 is 16.5 Å². The predicted molar refractivity (Wildman–Crippen MR) is 55.9 cm³/mol. The lowest BCUT2D eigenvalue weighted by molar-refractivity contribution is 0.476. The van der Waals surface area contributed by atoms with E-state index in [0.29, 0.717) is 6.04 Å². The first-order valence-corrected chi connectivity index (χ1v) is 5.61. The van der Waals surface area contributed by atoms with E-state index < -0.39 is 0 Å². The number of nitrogens with two attached hydrogens (primary N) is 1. The van der Waals surface area contributed by atoms with Crippen LogP contribution in [0.5, 0.6) is 0 Å². The maximum atomic E-state index is 5.70. The van der Waals surface area contributed by atoms with E-state index in [1.165, 1.54) is 23.4 Å². The molecule has 2 rings (SSSR count). The van der Waals surface area contributed by atoms with Crippen molar-refractivity contribution in [1.82, 2.24) is 10.3 Å². The summed E-state index contributed by atoms with van der Waals surface area (Å²) in [5, 5.41) is 4.19. The van der Waals surface area contributed by atoms with E-state index in [0.717, 1.165) is 18.1 Å². The third-order valence-corrected chi connectivity index (χ3v) is 3.46. The van der Waals surface area contributed by atoms with Crippen LogP contribution in [-0.2, 0) is 6.42 Å².